The van der Waals surface area contributed by atoms with E-state index in [1.54, 1.807) is 12.1 Å². The molecule has 0 aliphatic carbocycles. The molecule has 0 amide bonds. The first kappa shape index (κ1) is 21.8. The van der Waals surface area contributed by atoms with Crippen LogP contribution in [0, 0.1) is 0 Å². The molecule has 150 valence electrons. The molecule has 0 bridgehead atoms. The van der Waals surface area contributed by atoms with Crippen LogP contribution in [-0.4, -0.2) is 17.7 Å². The average Bonchev–Trinajstić information content (AvgIpc) is 2.65. The lowest BCUT2D eigenvalue weighted by molar-refractivity contribution is -0.132. The van der Waals surface area contributed by atoms with Gasteiger partial charge in [0, 0.05) is 19.4 Å². The fraction of sp³-hybridized carbons (Fsp3) is 0.208. The molecule has 29 heavy (non-hydrogen) atoms. The number of carbonyl (C=O) groups excluding carboxylic acids is 3. The fourth-order valence-corrected chi connectivity index (χ4v) is 2.64. The molecule has 5 heteroatoms. The molecular weight excluding hydrogens is 368 g/mol. The Hall–Kier alpha value is -3.47. The van der Waals surface area contributed by atoms with E-state index in [1.807, 2.05) is 50.3 Å². The predicted octanol–water partition coefficient (Wildman–Crippen LogP) is 4.94. The van der Waals surface area contributed by atoms with Gasteiger partial charge in [-0.15, -0.1) is 0 Å². The lowest BCUT2D eigenvalue weighted by Gasteiger charge is -2.15. The van der Waals surface area contributed by atoms with E-state index >= 15 is 0 Å². The molecule has 2 rings (SSSR count). The van der Waals surface area contributed by atoms with Gasteiger partial charge in [0.15, 0.2) is 5.78 Å². The number of esters is 2. The molecule has 0 unspecified atom stereocenters. The number of rotatable bonds is 7. The number of carbonyl (C=O) groups is 3. The highest BCUT2D eigenvalue weighted by Gasteiger charge is 2.21. The number of hydrogen-bond acceptors (Lipinski definition) is 5. The van der Waals surface area contributed by atoms with Crippen LogP contribution in [0.1, 0.15) is 49.2 Å². The minimum atomic E-state index is -0.565. The quantitative estimate of drug-likeness (QED) is 0.219. The minimum absolute atomic E-state index is 0.108. The van der Waals surface area contributed by atoms with Crippen LogP contribution < -0.4 is 9.47 Å². The van der Waals surface area contributed by atoms with E-state index in [9.17, 15) is 14.4 Å². The predicted molar refractivity (Wildman–Crippen MR) is 112 cm³/mol. The van der Waals surface area contributed by atoms with Gasteiger partial charge in [-0.2, -0.15) is 0 Å². The van der Waals surface area contributed by atoms with Crippen molar-refractivity contribution >= 4 is 23.8 Å². The highest BCUT2D eigenvalue weighted by molar-refractivity contribution is 6.09. The van der Waals surface area contributed by atoms with Crippen molar-refractivity contribution in [1.82, 2.24) is 0 Å². The number of ether oxygens (including phenoxy) is 2. The summed E-state index contributed by atoms with van der Waals surface area (Å²) >= 11 is 0. The zero-order chi connectivity index (χ0) is 21.4. The van der Waals surface area contributed by atoms with Gasteiger partial charge in [0.05, 0.1) is 5.56 Å². The molecule has 2 aromatic carbocycles. The van der Waals surface area contributed by atoms with Crippen molar-refractivity contribution in [3.8, 4) is 11.5 Å². The van der Waals surface area contributed by atoms with Gasteiger partial charge in [0.25, 0.3) is 0 Å². The Labute approximate surface area is 170 Å². The molecular formula is C24H24O5. The van der Waals surface area contributed by atoms with Crippen LogP contribution in [0.15, 0.2) is 60.2 Å². The van der Waals surface area contributed by atoms with Crippen molar-refractivity contribution in [3.05, 3.63) is 76.9 Å². The van der Waals surface area contributed by atoms with Crippen LogP contribution in [0.2, 0.25) is 0 Å². The Morgan fingerprint density at radius 3 is 2.10 bits per heavy atom. The van der Waals surface area contributed by atoms with Crippen molar-refractivity contribution in [3.63, 3.8) is 0 Å². The van der Waals surface area contributed by atoms with Gasteiger partial charge < -0.3 is 9.47 Å². The normalized spacial score (nSPS) is 10.5. The van der Waals surface area contributed by atoms with Gasteiger partial charge in [-0.05, 0) is 44.0 Å². The van der Waals surface area contributed by atoms with Crippen LogP contribution in [0.4, 0.5) is 0 Å². The molecule has 0 aliphatic heterocycles. The maximum absolute atomic E-state index is 12.8. The molecule has 0 radical (unpaired) electrons. The summed E-state index contributed by atoms with van der Waals surface area (Å²) in [5.41, 5.74) is 2.60. The van der Waals surface area contributed by atoms with Gasteiger partial charge >= 0.3 is 11.9 Å². The van der Waals surface area contributed by atoms with Gasteiger partial charge in [-0.1, -0.05) is 48.1 Å². The average molecular weight is 392 g/mol. The Morgan fingerprint density at radius 1 is 0.862 bits per heavy atom. The smallest absolute Gasteiger partial charge is 0.308 e. The Balaban J connectivity index is 2.54. The van der Waals surface area contributed by atoms with Crippen molar-refractivity contribution in [2.24, 2.45) is 0 Å². The molecule has 0 N–H and O–H groups in total. The first-order valence-corrected chi connectivity index (χ1v) is 9.21. The maximum atomic E-state index is 12.8. The van der Waals surface area contributed by atoms with Crippen LogP contribution in [-0.2, 0) is 16.0 Å². The van der Waals surface area contributed by atoms with E-state index in [-0.39, 0.29) is 22.8 Å². The molecule has 0 saturated carbocycles. The second-order valence-electron chi connectivity index (χ2n) is 6.70. The van der Waals surface area contributed by atoms with E-state index in [4.69, 9.17) is 9.47 Å². The Bertz CT molecular complexity index is 964. The van der Waals surface area contributed by atoms with Gasteiger partial charge in [0.1, 0.15) is 11.5 Å². The highest BCUT2D eigenvalue weighted by atomic mass is 16.5. The third-order valence-corrected chi connectivity index (χ3v) is 3.92. The van der Waals surface area contributed by atoms with Crippen molar-refractivity contribution in [1.29, 1.82) is 0 Å². The second-order valence-corrected chi connectivity index (χ2v) is 6.70. The summed E-state index contributed by atoms with van der Waals surface area (Å²) in [5.74, 6) is -1.02. The number of allylic oxidation sites excluding steroid dienone is 3. The van der Waals surface area contributed by atoms with E-state index < -0.39 is 11.9 Å². The summed E-state index contributed by atoms with van der Waals surface area (Å²) in [5, 5.41) is 0. The molecule has 0 saturated heterocycles. The van der Waals surface area contributed by atoms with Gasteiger partial charge in [-0.25, -0.2) is 0 Å². The first-order valence-electron chi connectivity index (χ1n) is 9.21. The number of ketones is 1. The zero-order valence-electron chi connectivity index (χ0n) is 17.0. The lowest BCUT2D eigenvalue weighted by atomic mass is 10.00. The summed E-state index contributed by atoms with van der Waals surface area (Å²) in [6.45, 7) is 6.40. The Morgan fingerprint density at radius 2 is 1.52 bits per heavy atom. The highest BCUT2D eigenvalue weighted by Crippen LogP contribution is 2.34. The third kappa shape index (κ3) is 6.57. The standard InChI is InChI=1S/C24H24O5/c1-16(2)10-12-21-23(28-17(3)25)15-13-20(24(21)29-18(4)26)22(27)14-11-19-8-6-5-7-9-19/h5-11,13-15H,12H2,1-4H3. The van der Waals surface area contributed by atoms with E-state index in [0.29, 0.717) is 12.0 Å². The van der Waals surface area contributed by atoms with Crippen LogP contribution >= 0.6 is 0 Å². The molecule has 5 nitrogen and oxygen atoms in total. The zero-order valence-corrected chi connectivity index (χ0v) is 17.0. The largest absolute Gasteiger partial charge is 0.426 e. The molecule has 0 spiro atoms. The maximum Gasteiger partial charge on any atom is 0.308 e. The summed E-state index contributed by atoms with van der Waals surface area (Å²) in [7, 11) is 0. The minimum Gasteiger partial charge on any atom is -0.426 e. The van der Waals surface area contributed by atoms with Gasteiger partial charge in [0.2, 0.25) is 0 Å². The van der Waals surface area contributed by atoms with Crippen molar-refractivity contribution in [2.75, 3.05) is 0 Å². The molecule has 0 aliphatic rings. The van der Waals surface area contributed by atoms with Crippen molar-refractivity contribution < 1.29 is 23.9 Å². The molecule has 0 aromatic heterocycles. The van der Waals surface area contributed by atoms with Gasteiger partial charge in [-0.3, -0.25) is 14.4 Å². The molecule has 2 aromatic rings. The SMILES string of the molecule is CC(=O)Oc1ccc(C(=O)C=Cc2ccccc2)c(OC(C)=O)c1CC=C(C)C. The second kappa shape index (κ2) is 10.2. The monoisotopic (exact) mass is 392 g/mol. The molecule has 0 fully saturated rings. The van der Waals surface area contributed by atoms with Crippen LogP contribution in [0.25, 0.3) is 6.08 Å². The van der Waals surface area contributed by atoms with Crippen LogP contribution in [0.3, 0.4) is 0 Å². The summed E-state index contributed by atoms with van der Waals surface area (Å²) < 4.78 is 10.7. The summed E-state index contributed by atoms with van der Waals surface area (Å²) in [4.78, 5) is 36.1. The summed E-state index contributed by atoms with van der Waals surface area (Å²) in [6.07, 6.45) is 5.37. The number of hydrogen-bond donors (Lipinski definition) is 0. The Kier molecular flexibility index (Phi) is 7.66. The lowest BCUT2D eigenvalue weighted by Crippen LogP contribution is -2.12. The number of benzene rings is 2. The summed E-state index contributed by atoms with van der Waals surface area (Å²) in [6, 6.07) is 12.4. The van der Waals surface area contributed by atoms with E-state index in [2.05, 4.69) is 0 Å². The topological polar surface area (TPSA) is 69.7 Å². The molecule has 0 atom stereocenters. The van der Waals surface area contributed by atoms with Crippen LogP contribution in [0.5, 0.6) is 11.5 Å². The van der Waals surface area contributed by atoms with Crippen molar-refractivity contribution in [2.45, 2.75) is 34.1 Å². The molecule has 0 heterocycles. The van der Waals surface area contributed by atoms with E-state index in [1.165, 1.54) is 26.0 Å². The third-order valence-electron chi connectivity index (χ3n) is 3.92. The first-order chi connectivity index (χ1) is 13.8. The fourth-order valence-electron chi connectivity index (χ4n) is 2.64. The van der Waals surface area contributed by atoms with E-state index in [0.717, 1.165) is 11.1 Å².